The van der Waals surface area contributed by atoms with Crippen LogP contribution in [0.2, 0.25) is 0 Å². The lowest BCUT2D eigenvalue weighted by molar-refractivity contribution is -0.136. The third kappa shape index (κ3) is 1.59. The zero-order valence-electron chi connectivity index (χ0n) is 13.1. The quantitative estimate of drug-likeness (QED) is 0.539. The van der Waals surface area contributed by atoms with E-state index >= 15 is 0 Å². The molecule has 1 saturated heterocycles. The summed E-state index contributed by atoms with van der Waals surface area (Å²) in [6, 6.07) is 1.21. The van der Waals surface area contributed by atoms with Crippen LogP contribution in [0.4, 0.5) is 5.69 Å². The largest absolute Gasteiger partial charge is 0.398 e. The highest BCUT2D eigenvalue weighted by Crippen LogP contribution is 2.30. The van der Waals surface area contributed by atoms with Crippen LogP contribution in [-0.4, -0.2) is 34.5 Å². The molecule has 1 atom stereocenters. The minimum absolute atomic E-state index is 0.0141. The summed E-state index contributed by atoms with van der Waals surface area (Å²) in [5.74, 6) is -4.32. The number of nitrogen functional groups attached to an aromatic ring is 1. The number of nitrogens with one attached hydrogen (secondary N) is 1. The fraction of sp³-hybridized carbons (Fsp3) is 0.231. The highest BCUT2D eigenvalue weighted by Gasteiger charge is 2.45. The number of rotatable bonds is 1. The maximum Gasteiger partial charge on any atom is 0.264 e. The van der Waals surface area contributed by atoms with E-state index in [0.717, 1.165) is 0 Å². The Bertz CT molecular complexity index is 795. The lowest BCUT2D eigenvalue weighted by Gasteiger charge is -2.27. The van der Waals surface area contributed by atoms with E-state index in [1.54, 1.807) is 5.32 Å². The van der Waals surface area contributed by atoms with Crippen LogP contribution in [0.15, 0.2) is 18.2 Å². The SMILES string of the molecule is [2H]C1([2H])CC(=O)NC(=O)C1([2H])N1C(=O)c2cccc(N)c2C1=O. The molecule has 1 fully saturated rings. The molecule has 102 valence electrons. The lowest BCUT2D eigenvalue weighted by atomic mass is 10.0. The van der Waals surface area contributed by atoms with E-state index in [1.165, 1.54) is 18.2 Å². The minimum Gasteiger partial charge on any atom is -0.398 e. The van der Waals surface area contributed by atoms with Gasteiger partial charge in [0.2, 0.25) is 11.8 Å². The van der Waals surface area contributed by atoms with Crippen LogP contribution in [0.5, 0.6) is 0 Å². The number of carbonyl (C=O) groups is 4. The summed E-state index contributed by atoms with van der Waals surface area (Å²) >= 11 is 0. The number of benzene rings is 1. The number of nitrogens with two attached hydrogens (primary N) is 1. The summed E-state index contributed by atoms with van der Waals surface area (Å²) in [6.45, 7) is 0. The smallest absolute Gasteiger partial charge is 0.264 e. The fourth-order valence-corrected chi connectivity index (χ4v) is 2.17. The Kier molecular flexibility index (Phi) is 1.92. The van der Waals surface area contributed by atoms with Gasteiger partial charge in [0.1, 0.15) is 6.02 Å². The Labute approximate surface area is 117 Å². The summed E-state index contributed by atoms with van der Waals surface area (Å²) in [4.78, 5) is 48.7. The standard InChI is InChI=1S/C13H11N3O4/c14-7-3-1-2-6-10(7)13(20)16(12(6)19)8-4-5-9(17)15-11(8)18/h1-3,8H,4-5,14H2,(H,15,17,18)/i4D2,8D. The van der Waals surface area contributed by atoms with Crippen LogP contribution in [0, 0.1) is 0 Å². The Morgan fingerprint density at radius 1 is 1.30 bits per heavy atom. The molecule has 0 bridgehead atoms. The number of carbonyl (C=O) groups excluding carboxylic acids is 4. The van der Waals surface area contributed by atoms with Gasteiger partial charge in [-0.1, -0.05) is 6.07 Å². The molecule has 4 amide bonds. The van der Waals surface area contributed by atoms with Gasteiger partial charge in [0.05, 0.1) is 12.5 Å². The van der Waals surface area contributed by atoms with Crippen molar-refractivity contribution in [3.8, 4) is 0 Å². The van der Waals surface area contributed by atoms with Crippen molar-refractivity contribution >= 4 is 29.3 Å². The predicted molar refractivity (Wildman–Crippen MR) is 67.5 cm³/mol. The van der Waals surface area contributed by atoms with Gasteiger partial charge in [0.25, 0.3) is 11.8 Å². The van der Waals surface area contributed by atoms with Crippen molar-refractivity contribution in [2.24, 2.45) is 0 Å². The number of fused-ring (bicyclic) bond motifs is 1. The van der Waals surface area contributed by atoms with Crippen molar-refractivity contribution in [1.29, 1.82) is 0 Å². The third-order valence-electron chi connectivity index (χ3n) is 3.06. The molecule has 2 aliphatic rings. The predicted octanol–water partition coefficient (Wildman–Crippen LogP) is -0.330. The van der Waals surface area contributed by atoms with Gasteiger partial charge < -0.3 is 5.73 Å². The molecule has 0 spiro atoms. The Balaban J connectivity index is 2.18. The van der Waals surface area contributed by atoms with Crippen molar-refractivity contribution in [1.82, 2.24) is 10.2 Å². The van der Waals surface area contributed by atoms with E-state index in [1.807, 2.05) is 0 Å². The number of imide groups is 2. The molecule has 3 N–H and O–H groups in total. The van der Waals surface area contributed by atoms with Gasteiger partial charge in [-0.3, -0.25) is 29.4 Å². The lowest BCUT2D eigenvalue weighted by Crippen LogP contribution is -2.54. The first-order valence-electron chi connectivity index (χ1n) is 7.23. The summed E-state index contributed by atoms with van der Waals surface area (Å²) in [6.07, 6.45) is -3.57. The summed E-state index contributed by atoms with van der Waals surface area (Å²) in [5, 5.41) is 1.80. The average molecular weight is 276 g/mol. The van der Waals surface area contributed by atoms with Gasteiger partial charge in [0.15, 0.2) is 0 Å². The second-order valence-corrected chi connectivity index (χ2v) is 4.29. The number of nitrogens with zero attached hydrogens (tertiary/aromatic N) is 1. The van der Waals surface area contributed by atoms with Gasteiger partial charge in [0, 0.05) is 14.8 Å². The normalized spacial score (nSPS) is 30.4. The molecular formula is C13H11N3O4. The molecule has 1 unspecified atom stereocenters. The van der Waals surface area contributed by atoms with E-state index in [4.69, 9.17) is 9.85 Å². The van der Waals surface area contributed by atoms with Gasteiger partial charge in [-0.15, -0.1) is 0 Å². The van der Waals surface area contributed by atoms with Crippen LogP contribution >= 0.6 is 0 Å². The van der Waals surface area contributed by atoms with Crippen molar-refractivity contribution in [3.05, 3.63) is 29.3 Å². The van der Waals surface area contributed by atoms with Crippen molar-refractivity contribution < 1.29 is 23.3 Å². The van der Waals surface area contributed by atoms with Crippen LogP contribution in [0.3, 0.4) is 0 Å². The second kappa shape index (κ2) is 4.16. The third-order valence-corrected chi connectivity index (χ3v) is 3.06. The minimum atomic E-state index is -2.90. The van der Waals surface area contributed by atoms with Gasteiger partial charge >= 0.3 is 0 Å². The topological polar surface area (TPSA) is 110 Å². The van der Waals surface area contributed by atoms with Gasteiger partial charge in [-0.25, -0.2) is 0 Å². The first-order valence-corrected chi connectivity index (χ1v) is 5.73. The molecule has 2 aliphatic heterocycles. The molecule has 2 heterocycles. The zero-order valence-corrected chi connectivity index (χ0v) is 10.1. The highest BCUT2D eigenvalue weighted by molar-refractivity contribution is 6.25. The Morgan fingerprint density at radius 2 is 2.05 bits per heavy atom. The number of anilines is 1. The van der Waals surface area contributed by atoms with Crippen molar-refractivity contribution in [2.75, 3.05) is 5.73 Å². The van der Waals surface area contributed by atoms with Gasteiger partial charge in [-0.05, 0) is 18.5 Å². The molecule has 0 radical (unpaired) electrons. The molecule has 7 nitrogen and oxygen atoms in total. The maximum atomic E-state index is 12.5. The number of hydrogen-bond donors (Lipinski definition) is 2. The van der Waals surface area contributed by atoms with Crippen molar-refractivity contribution in [3.63, 3.8) is 0 Å². The molecule has 1 aromatic rings. The Morgan fingerprint density at radius 3 is 2.70 bits per heavy atom. The van der Waals surface area contributed by atoms with Crippen LogP contribution < -0.4 is 11.1 Å². The van der Waals surface area contributed by atoms with Crippen LogP contribution in [0.25, 0.3) is 0 Å². The van der Waals surface area contributed by atoms with Crippen LogP contribution in [0.1, 0.15) is 37.6 Å². The molecule has 3 rings (SSSR count). The molecule has 7 heteroatoms. The van der Waals surface area contributed by atoms with Crippen molar-refractivity contribution in [2.45, 2.75) is 18.8 Å². The zero-order chi connectivity index (χ0) is 17.2. The van der Waals surface area contributed by atoms with E-state index in [9.17, 15) is 19.2 Å². The highest BCUT2D eigenvalue weighted by atomic mass is 16.2. The molecule has 0 aromatic heterocycles. The molecule has 20 heavy (non-hydrogen) atoms. The molecule has 0 saturated carbocycles. The molecule has 0 aliphatic carbocycles. The molecular weight excluding hydrogens is 262 g/mol. The first-order chi connectivity index (χ1) is 10.6. The van der Waals surface area contributed by atoms with Gasteiger partial charge in [-0.2, -0.15) is 0 Å². The van der Waals surface area contributed by atoms with E-state index in [0.29, 0.717) is 0 Å². The number of piperidine rings is 1. The monoisotopic (exact) mass is 276 g/mol. The van der Waals surface area contributed by atoms with Crippen LogP contribution in [-0.2, 0) is 9.59 Å². The van der Waals surface area contributed by atoms with E-state index in [-0.39, 0.29) is 21.7 Å². The maximum absolute atomic E-state index is 12.5. The fourth-order valence-electron chi connectivity index (χ4n) is 2.17. The number of amides is 4. The second-order valence-electron chi connectivity index (χ2n) is 4.29. The summed E-state index contributed by atoms with van der Waals surface area (Å²) in [7, 11) is 0. The summed E-state index contributed by atoms with van der Waals surface area (Å²) in [5.41, 5.74) is 5.37. The average Bonchev–Trinajstić information content (AvgIpc) is 2.69. The van der Waals surface area contributed by atoms with E-state index < -0.39 is 42.4 Å². The Hall–Kier alpha value is -2.70. The first kappa shape index (κ1) is 9.24. The number of hydrogen-bond acceptors (Lipinski definition) is 5. The van der Waals surface area contributed by atoms with E-state index in [2.05, 4.69) is 0 Å². The summed E-state index contributed by atoms with van der Waals surface area (Å²) < 4.78 is 24.0. The molecule has 1 aromatic carbocycles.